The highest BCUT2D eigenvalue weighted by Gasteiger charge is 2.10. The molecule has 0 radical (unpaired) electrons. The Bertz CT molecular complexity index is 754. The van der Waals surface area contributed by atoms with Crippen molar-refractivity contribution in [2.75, 3.05) is 19.1 Å². The van der Waals surface area contributed by atoms with E-state index >= 15 is 0 Å². The molecule has 2 aromatic heterocycles. The summed E-state index contributed by atoms with van der Waals surface area (Å²) in [7, 11) is 3.67. The van der Waals surface area contributed by atoms with Gasteiger partial charge in [0, 0.05) is 24.3 Å². The number of pyridine rings is 1. The number of aromatic nitrogens is 3. The molecule has 0 bridgehead atoms. The molecule has 2 heterocycles. The first-order valence-corrected chi connectivity index (χ1v) is 7.31. The SMILES string of the molecule is COc1ccc(CN(C)c2nnc3cc(Br)ccn23)cc1. The quantitative estimate of drug-likeness (QED) is 0.727. The highest BCUT2D eigenvalue weighted by molar-refractivity contribution is 9.10. The summed E-state index contributed by atoms with van der Waals surface area (Å²) in [5.41, 5.74) is 2.01. The van der Waals surface area contributed by atoms with Gasteiger partial charge < -0.3 is 9.64 Å². The summed E-state index contributed by atoms with van der Waals surface area (Å²) in [6, 6.07) is 11.9. The first kappa shape index (κ1) is 13.9. The molecule has 0 aliphatic carbocycles. The summed E-state index contributed by atoms with van der Waals surface area (Å²) in [6.07, 6.45) is 1.96. The molecule has 21 heavy (non-hydrogen) atoms. The van der Waals surface area contributed by atoms with E-state index in [0.29, 0.717) is 0 Å². The van der Waals surface area contributed by atoms with Crippen LogP contribution in [0.1, 0.15) is 5.56 Å². The number of nitrogens with zero attached hydrogens (tertiary/aromatic N) is 4. The molecular weight excluding hydrogens is 332 g/mol. The zero-order valence-corrected chi connectivity index (χ0v) is 13.4. The Hall–Kier alpha value is -2.08. The monoisotopic (exact) mass is 346 g/mol. The summed E-state index contributed by atoms with van der Waals surface area (Å²) >= 11 is 3.44. The van der Waals surface area contributed by atoms with Gasteiger partial charge in [-0.25, -0.2) is 0 Å². The maximum absolute atomic E-state index is 5.17. The topological polar surface area (TPSA) is 42.7 Å². The van der Waals surface area contributed by atoms with Crippen LogP contribution in [0.3, 0.4) is 0 Å². The number of rotatable bonds is 4. The Balaban J connectivity index is 1.84. The lowest BCUT2D eigenvalue weighted by Gasteiger charge is -2.17. The summed E-state index contributed by atoms with van der Waals surface area (Å²) in [5.74, 6) is 1.67. The van der Waals surface area contributed by atoms with Crippen LogP contribution in [0.4, 0.5) is 5.95 Å². The first-order chi connectivity index (χ1) is 10.2. The standard InChI is InChI=1S/C15H15BrN4O/c1-19(10-11-3-5-13(21-2)6-4-11)15-18-17-14-9-12(16)7-8-20(14)15/h3-9H,10H2,1-2H3. The Morgan fingerprint density at radius 2 is 1.95 bits per heavy atom. The van der Waals surface area contributed by atoms with E-state index in [4.69, 9.17) is 4.74 Å². The normalized spacial score (nSPS) is 10.8. The van der Waals surface area contributed by atoms with Gasteiger partial charge in [0.05, 0.1) is 7.11 Å². The van der Waals surface area contributed by atoms with Crippen molar-refractivity contribution in [2.24, 2.45) is 0 Å². The first-order valence-electron chi connectivity index (χ1n) is 6.52. The van der Waals surface area contributed by atoms with E-state index in [0.717, 1.165) is 28.4 Å². The number of hydrogen-bond acceptors (Lipinski definition) is 4. The van der Waals surface area contributed by atoms with E-state index in [-0.39, 0.29) is 0 Å². The van der Waals surface area contributed by atoms with Crippen LogP contribution in [0.2, 0.25) is 0 Å². The second-order valence-corrected chi connectivity index (χ2v) is 5.69. The molecule has 0 spiro atoms. The van der Waals surface area contributed by atoms with Gasteiger partial charge in [-0.15, -0.1) is 10.2 Å². The molecule has 0 atom stereocenters. The predicted octanol–water partition coefficient (Wildman–Crippen LogP) is 3.14. The fourth-order valence-corrected chi connectivity index (χ4v) is 2.51. The summed E-state index contributed by atoms with van der Waals surface area (Å²) < 4.78 is 8.13. The molecule has 0 saturated heterocycles. The predicted molar refractivity (Wildman–Crippen MR) is 85.8 cm³/mol. The van der Waals surface area contributed by atoms with E-state index in [1.54, 1.807) is 7.11 Å². The minimum absolute atomic E-state index is 0.751. The molecule has 3 rings (SSSR count). The van der Waals surface area contributed by atoms with E-state index in [9.17, 15) is 0 Å². The molecule has 0 aliphatic rings. The second-order valence-electron chi connectivity index (χ2n) is 4.78. The number of hydrogen-bond donors (Lipinski definition) is 0. The van der Waals surface area contributed by atoms with Gasteiger partial charge in [0.25, 0.3) is 0 Å². The van der Waals surface area contributed by atoms with Crippen molar-refractivity contribution in [3.05, 3.63) is 52.6 Å². The van der Waals surface area contributed by atoms with Crippen LogP contribution >= 0.6 is 15.9 Å². The van der Waals surface area contributed by atoms with Crippen molar-refractivity contribution < 1.29 is 4.74 Å². The van der Waals surface area contributed by atoms with Crippen molar-refractivity contribution in [2.45, 2.75) is 6.54 Å². The third-order valence-electron chi connectivity index (χ3n) is 3.27. The van der Waals surface area contributed by atoms with Crippen LogP contribution in [-0.2, 0) is 6.54 Å². The Labute approximate surface area is 131 Å². The summed E-state index contributed by atoms with van der Waals surface area (Å²) in [5, 5.41) is 8.45. The summed E-state index contributed by atoms with van der Waals surface area (Å²) in [6.45, 7) is 0.751. The van der Waals surface area contributed by atoms with Crippen molar-refractivity contribution in [3.8, 4) is 5.75 Å². The molecule has 0 amide bonds. The van der Waals surface area contributed by atoms with Crippen molar-refractivity contribution in [3.63, 3.8) is 0 Å². The van der Waals surface area contributed by atoms with Gasteiger partial charge in [0.2, 0.25) is 5.95 Å². The highest BCUT2D eigenvalue weighted by atomic mass is 79.9. The van der Waals surface area contributed by atoms with Crippen molar-refractivity contribution >= 4 is 27.5 Å². The largest absolute Gasteiger partial charge is 0.497 e. The zero-order chi connectivity index (χ0) is 14.8. The van der Waals surface area contributed by atoms with Crippen LogP contribution < -0.4 is 9.64 Å². The zero-order valence-electron chi connectivity index (χ0n) is 11.8. The molecule has 108 valence electrons. The number of anilines is 1. The van der Waals surface area contributed by atoms with E-state index in [1.807, 2.05) is 41.9 Å². The number of ether oxygens (including phenoxy) is 1. The molecule has 0 N–H and O–H groups in total. The van der Waals surface area contributed by atoms with Crippen molar-refractivity contribution in [1.29, 1.82) is 0 Å². The smallest absolute Gasteiger partial charge is 0.231 e. The third-order valence-corrected chi connectivity index (χ3v) is 3.77. The Kier molecular flexibility index (Phi) is 3.79. The third kappa shape index (κ3) is 2.85. The van der Waals surface area contributed by atoms with Crippen LogP contribution in [0.5, 0.6) is 5.75 Å². The van der Waals surface area contributed by atoms with Crippen LogP contribution in [-0.4, -0.2) is 28.8 Å². The maximum Gasteiger partial charge on any atom is 0.231 e. The van der Waals surface area contributed by atoms with Crippen LogP contribution in [0.25, 0.3) is 5.65 Å². The molecule has 6 heteroatoms. The lowest BCUT2D eigenvalue weighted by Crippen LogP contribution is -2.19. The van der Waals surface area contributed by atoms with Gasteiger partial charge in [-0.1, -0.05) is 28.1 Å². The minimum Gasteiger partial charge on any atom is -0.497 e. The molecule has 0 fully saturated rings. The van der Waals surface area contributed by atoms with Gasteiger partial charge in [-0.3, -0.25) is 4.40 Å². The van der Waals surface area contributed by atoms with Gasteiger partial charge in [-0.05, 0) is 29.8 Å². The van der Waals surface area contributed by atoms with E-state index in [1.165, 1.54) is 5.56 Å². The molecule has 0 unspecified atom stereocenters. The average molecular weight is 347 g/mol. The maximum atomic E-state index is 5.17. The molecule has 3 aromatic rings. The second kappa shape index (κ2) is 5.73. The van der Waals surface area contributed by atoms with Crippen LogP contribution in [0, 0.1) is 0 Å². The number of benzene rings is 1. The Morgan fingerprint density at radius 1 is 1.19 bits per heavy atom. The highest BCUT2D eigenvalue weighted by Crippen LogP contribution is 2.19. The van der Waals surface area contributed by atoms with Crippen molar-refractivity contribution in [1.82, 2.24) is 14.6 Å². The van der Waals surface area contributed by atoms with Gasteiger partial charge in [0.15, 0.2) is 5.65 Å². The minimum atomic E-state index is 0.751. The van der Waals surface area contributed by atoms with Gasteiger partial charge in [0.1, 0.15) is 5.75 Å². The van der Waals surface area contributed by atoms with E-state index in [2.05, 4.69) is 43.2 Å². The molecule has 0 aliphatic heterocycles. The molecule has 1 aromatic carbocycles. The number of halogens is 1. The van der Waals surface area contributed by atoms with Crippen LogP contribution in [0.15, 0.2) is 47.1 Å². The lowest BCUT2D eigenvalue weighted by atomic mass is 10.2. The van der Waals surface area contributed by atoms with Gasteiger partial charge >= 0.3 is 0 Å². The number of fused-ring (bicyclic) bond motifs is 1. The lowest BCUT2D eigenvalue weighted by molar-refractivity contribution is 0.414. The Morgan fingerprint density at radius 3 is 2.67 bits per heavy atom. The molecule has 5 nitrogen and oxygen atoms in total. The van der Waals surface area contributed by atoms with Gasteiger partial charge in [-0.2, -0.15) is 0 Å². The average Bonchev–Trinajstić information content (AvgIpc) is 2.91. The molecule has 0 saturated carbocycles. The fourth-order valence-electron chi connectivity index (χ4n) is 2.19. The fraction of sp³-hybridized carbons (Fsp3) is 0.200. The number of methoxy groups -OCH3 is 1. The van der Waals surface area contributed by atoms with E-state index < -0.39 is 0 Å². The molecular formula is C15H15BrN4O. The summed E-state index contributed by atoms with van der Waals surface area (Å²) in [4.78, 5) is 2.07.